The number of aliphatic hydroxyl groups is 1. The topological polar surface area (TPSA) is 50.7 Å². The third-order valence-electron chi connectivity index (χ3n) is 1.84. The highest BCUT2D eigenvalue weighted by Gasteiger charge is 2.20. The van der Waals surface area contributed by atoms with Gasteiger partial charge in [-0.3, -0.25) is 0 Å². The Balaban J connectivity index is 3.63. The van der Waals surface area contributed by atoms with E-state index in [4.69, 9.17) is 9.47 Å². The number of hydrogen-bond donors (Lipinski definition) is 2. The lowest BCUT2D eigenvalue weighted by atomic mass is 10.1. The second-order valence-electron chi connectivity index (χ2n) is 3.85. The average Bonchev–Trinajstić information content (AvgIpc) is 2.13. The van der Waals surface area contributed by atoms with Crippen molar-refractivity contribution in [3.05, 3.63) is 0 Å². The molecule has 0 aliphatic heterocycles. The van der Waals surface area contributed by atoms with Crippen LogP contribution in [-0.2, 0) is 9.47 Å². The third kappa shape index (κ3) is 7.26. The predicted molar refractivity (Wildman–Crippen MR) is 56.5 cm³/mol. The first-order valence-corrected chi connectivity index (χ1v) is 5.05. The first-order valence-electron chi connectivity index (χ1n) is 5.05. The molecule has 2 N–H and O–H groups in total. The largest absolute Gasteiger partial charge is 0.386 e. The molecule has 0 radical (unpaired) electrons. The van der Waals surface area contributed by atoms with E-state index in [2.05, 4.69) is 5.32 Å². The number of methoxy groups -OCH3 is 1. The lowest BCUT2D eigenvalue weighted by Gasteiger charge is -2.25. The Morgan fingerprint density at radius 3 is 2.64 bits per heavy atom. The van der Waals surface area contributed by atoms with Gasteiger partial charge in [0.05, 0.1) is 24.9 Å². The van der Waals surface area contributed by atoms with Gasteiger partial charge < -0.3 is 19.9 Å². The second kappa shape index (κ2) is 7.17. The Morgan fingerprint density at radius 2 is 2.14 bits per heavy atom. The molecule has 0 saturated carbocycles. The van der Waals surface area contributed by atoms with Gasteiger partial charge in [-0.05, 0) is 20.4 Å². The summed E-state index contributed by atoms with van der Waals surface area (Å²) in [6, 6.07) is 0. The predicted octanol–water partition coefficient (Wildman–Crippen LogP) is 0.398. The summed E-state index contributed by atoms with van der Waals surface area (Å²) < 4.78 is 10.4. The van der Waals surface area contributed by atoms with Crippen LogP contribution in [0.5, 0.6) is 0 Å². The minimum atomic E-state index is -0.808. The van der Waals surface area contributed by atoms with Gasteiger partial charge >= 0.3 is 0 Å². The van der Waals surface area contributed by atoms with Gasteiger partial charge in [0.25, 0.3) is 0 Å². The first kappa shape index (κ1) is 13.8. The molecular weight excluding hydrogens is 182 g/mol. The van der Waals surface area contributed by atoms with Crippen molar-refractivity contribution >= 4 is 0 Å². The van der Waals surface area contributed by atoms with E-state index in [0.717, 1.165) is 6.54 Å². The fraction of sp³-hybridized carbons (Fsp3) is 1.00. The molecule has 0 saturated heterocycles. The molecular formula is C10H23NO3. The quantitative estimate of drug-likeness (QED) is 0.602. The van der Waals surface area contributed by atoms with Gasteiger partial charge in [0.1, 0.15) is 0 Å². The molecule has 4 heteroatoms. The van der Waals surface area contributed by atoms with Crippen molar-refractivity contribution in [2.24, 2.45) is 0 Å². The van der Waals surface area contributed by atoms with Crippen LogP contribution in [0.2, 0.25) is 0 Å². The summed E-state index contributed by atoms with van der Waals surface area (Å²) in [7, 11) is 1.64. The molecule has 0 aliphatic carbocycles. The third-order valence-corrected chi connectivity index (χ3v) is 1.84. The molecule has 2 unspecified atom stereocenters. The molecule has 0 aromatic heterocycles. The van der Waals surface area contributed by atoms with E-state index >= 15 is 0 Å². The van der Waals surface area contributed by atoms with E-state index in [1.54, 1.807) is 14.0 Å². The Hall–Kier alpha value is -0.160. The highest BCUT2D eigenvalue weighted by Crippen LogP contribution is 2.04. The van der Waals surface area contributed by atoms with Crippen LogP contribution in [-0.4, -0.2) is 50.2 Å². The van der Waals surface area contributed by atoms with Gasteiger partial charge in [-0.25, -0.2) is 0 Å². The van der Waals surface area contributed by atoms with Crippen molar-refractivity contribution < 1.29 is 14.6 Å². The maximum Gasteiger partial charge on any atom is 0.0975 e. The lowest BCUT2D eigenvalue weighted by Crippen LogP contribution is -2.42. The molecule has 0 fully saturated rings. The zero-order chi connectivity index (χ0) is 11.0. The number of ether oxygens (including phenoxy) is 2. The van der Waals surface area contributed by atoms with Gasteiger partial charge in [-0.2, -0.15) is 0 Å². The zero-order valence-corrected chi connectivity index (χ0v) is 9.67. The fourth-order valence-corrected chi connectivity index (χ4v) is 1.05. The second-order valence-corrected chi connectivity index (χ2v) is 3.85. The molecule has 0 spiro atoms. The van der Waals surface area contributed by atoms with Gasteiger partial charge in [0, 0.05) is 13.7 Å². The van der Waals surface area contributed by atoms with Crippen molar-refractivity contribution in [2.45, 2.75) is 32.5 Å². The number of rotatable bonds is 8. The first-order chi connectivity index (χ1) is 6.52. The molecule has 86 valence electrons. The average molecular weight is 205 g/mol. The van der Waals surface area contributed by atoms with Crippen LogP contribution in [0.1, 0.15) is 20.8 Å². The van der Waals surface area contributed by atoms with Gasteiger partial charge in [0.2, 0.25) is 0 Å². The van der Waals surface area contributed by atoms with E-state index < -0.39 is 5.60 Å². The highest BCUT2D eigenvalue weighted by molar-refractivity contribution is 4.74. The van der Waals surface area contributed by atoms with Gasteiger partial charge in [-0.1, -0.05) is 6.92 Å². The van der Waals surface area contributed by atoms with E-state index in [9.17, 15) is 5.11 Å². The van der Waals surface area contributed by atoms with Crippen molar-refractivity contribution in [2.75, 3.05) is 33.4 Å². The number of hydrogen-bond acceptors (Lipinski definition) is 4. The van der Waals surface area contributed by atoms with E-state index in [1.165, 1.54) is 0 Å². The highest BCUT2D eigenvalue weighted by atomic mass is 16.5. The smallest absolute Gasteiger partial charge is 0.0975 e. The van der Waals surface area contributed by atoms with Crippen LogP contribution in [0.4, 0.5) is 0 Å². The Bertz CT molecular complexity index is 139. The van der Waals surface area contributed by atoms with E-state index in [0.29, 0.717) is 19.8 Å². The van der Waals surface area contributed by atoms with Gasteiger partial charge in [0.15, 0.2) is 0 Å². The minimum Gasteiger partial charge on any atom is -0.386 e. The van der Waals surface area contributed by atoms with E-state index in [1.807, 2.05) is 13.8 Å². The SMILES string of the molecule is CCNCC(C)(O)COC(C)COC. The van der Waals surface area contributed by atoms with Crippen LogP contribution in [0.25, 0.3) is 0 Å². The summed E-state index contributed by atoms with van der Waals surface area (Å²) >= 11 is 0. The standard InChI is InChI=1S/C10H23NO3/c1-5-11-7-10(3,12)8-14-9(2)6-13-4/h9,11-12H,5-8H2,1-4H3. The lowest BCUT2D eigenvalue weighted by molar-refractivity contribution is -0.0729. The monoisotopic (exact) mass is 205 g/mol. The van der Waals surface area contributed by atoms with E-state index in [-0.39, 0.29) is 6.10 Å². The van der Waals surface area contributed by atoms with Crippen LogP contribution in [0.3, 0.4) is 0 Å². The van der Waals surface area contributed by atoms with Crippen LogP contribution < -0.4 is 5.32 Å². The summed E-state index contributed by atoms with van der Waals surface area (Å²) in [4.78, 5) is 0. The zero-order valence-electron chi connectivity index (χ0n) is 9.67. The normalized spacial score (nSPS) is 17.8. The summed E-state index contributed by atoms with van der Waals surface area (Å²) in [6.07, 6.45) is 0.0214. The van der Waals surface area contributed by atoms with Crippen molar-refractivity contribution in [3.8, 4) is 0 Å². The van der Waals surface area contributed by atoms with Crippen LogP contribution in [0.15, 0.2) is 0 Å². The maximum atomic E-state index is 9.83. The van der Waals surface area contributed by atoms with Crippen LogP contribution in [0, 0.1) is 0 Å². The Kier molecular flexibility index (Phi) is 7.09. The molecule has 0 rings (SSSR count). The molecule has 0 aliphatic rings. The maximum absolute atomic E-state index is 9.83. The number of likely N-dealkylation sites (N-methyl/N-ethyl adjacent to an activating group) is 1. The minimum absolute atomic E-state index is 0.0214. The van der Waals surface area contributed by atoms with Crippen molar-refractivity contribution in [3.63, 3.8) is 0 Å². The summed E-state index contributed by atoms with van der Waals surface area (Å²) in [5.74, 6) is 0. The Morgan fingerprint density at radius 1 is 1.50 bits per heavy atom. The molecule has 0 aromatic carbocycles. The van der Waals surface area contributed by atoms with Crippen LogP contribution >= 0.6 is 0 Å². The summed E-state index contributed by atoms with van der Waals surface area (Å²) in [6.45, 7) is 7.96. The fourth-order valence-electron chi connectivity index (χ4n) is 1.05. The molecule has 0 aromatic rings. The van der Waals surface area contributed by atoms with Crippen molar-refractivity contribution in [1.29, 1.82) is 0 Å². The molecule has 14 heavy (non-hydrogen) atoms. The van der Waals surface area contributed by atoms with Gasteiger partial charge in [-0.15, -0.1) is 0 Å². The molecule has 0 bridgehead atoms. The van der Waals surface area contributed by atoms with Crippen molar-refractivity contribution in [1.82, 2.24) is 5.32 Å². The Labute approximate surface area is 86.6 Å². The summed E-state index contributed by atoms with van der Waals surface area (Å²) in [5, 5.41) is 12.9. The molecule has 0 amide bonds. The summed E-state index contributed by atoms with van der Waals surface area (Å²) in [5.41, 5.74) is -0.808. The molecule has 0 heterocycles. The number of nitrogens with one attached hydrogen (secondary N) is 1. The molecule has 4 nitrogen and oxygen atoms in total. The molecule has 2 atom stereocenters.